The van der Waals surface area contributed by atoms with E-state index in [4.69, 9.17) is 0 Å². The molecule has 2 saturated carbocycles. The quantitative estimate of drug-likeness (QED) is 0.654. The number of hydrogen-bond donors (Lipinski definition) is 2. The fourth-order valence-corrected chi connectivity index (χ4v) is 7.92. The minimum Gasteiger partial charge on any atom is -0.481 e. The molecule has 4 aliphatic rings. The van der Waals surface area contributed by atoms with E-state index in [-0.39, 0.29) is 23.9 Å². The van der Waals surface area contributed by atoms with Crippen molar-refractivity contribution >= 4 is 11.9 Å². The summed E-state index contributed by atoms with van der Waals surface area (Å²) >= 11 is 0. The predicted octanol–water partition coefficient (Wildman–Crippen LogP) is 1.63. The van der Waals surface area contributed by atoms with Gasteiger partial charge in [0.05, 0.1) is 25.2 Å². The second kappa shape index (κ2) is 9.57. The average Bonchev–Trinajstić information content (AvgIpc) is 2.75. The molecule has 0 amide bonds. The maximum absolute atomic E-state index is 12.4. The van der Waals surface area contributed by atoms with E-state index in [1.165, 1.54) is 0 Å². The highest BCUT2D eigenvalue weighted by Gasteiger charge is 2.52. The molecular formula is C24H42N4O4. The molecule has 8 atom stereocenters. The van der Waals surface area contributed by atoms with Crippen molar-refractivity contribution in [2.75, 3.05) is 53.6 Å². The van der Waals surface area contributed by atoms with Crippen LogP contribution in [-0.2, 0) is 9.59 Å². The zero-order valence-corrected chi connectivity index (χ0v) is 20.2. The van der Waals surface area contributed by atoms with Crippen molar-refractivity contribution in [3.63, 3.8) is 0 Å². The Morgan fingerprint density at radius 2 is 1.06 bits per heavy atom. The summed E-state index contributed by atoms with van der Waals surface area (Å²) in [6.45, 7) is 9.53. The number of hydrogen-bond acceptors (Lipinski definition) is 6. The first-order valence-corrected chi connectivity index (χ1v) is 12.5. The molecule has 0 aromatic carbocycles. The SMILES string of the molecule is CCN1CN(C)CC2CC(C3CC4CN(C)CN(CC)C4C(C(=O)O)C3)CC(C(=O)O)C21. The second-order valence-corrected chi connectivity index (χ2v) is 11.0. The summed E-state index contributed by atoms with van der Waals surface area (Å²) in [6, 6.07) is 0.209. The molecule has 4 fully saturated rings. The monoisotopic (exact) mass is 450 g/mol. The third-order valence-corrected chi connectivity index (χ3v) is 9.01. The summed E-state index contributed by atoms with van der Waals surface area (Å²) in [5.41, 5.74) is 0. The van der Waals surface area contributed by atoms with Crippen LogP contribution in [0.1, 0.15) is 39.5 Å². The molecule has 4 rings (SSSR count). The van der Waals surface area contributed by atoms with Gasteiger partial charge in [-0.15, -0.1) is 0 Å². The maximum atomic E-state index is 12.4. The number of fused-ring (bicyclic) bond motifs is 2. The Bertz CT molecular complexity index is 647. The van der Waals surface area contributed by atoms with Gasteiger partial charge in [-0.25, -0.2) is 0 Å². The molecule has 0 bridgehead atoms. The van der Waals surface area contributed by atoms with Gasteiger partial charge in [0.2, 0.25) is 0 Å². The fraction of sp³-hybridized carbons (Fsp3) is 0.917. The molecule has 2 aliphatic heterocycles. The van der Waals surface area contributed by atoms with Crippen molar-refractivity contribution in [2.24, 2.45) is 35.5 Å². The topological polar surface area (TPSA) is 87.6 Å². The second-order valence-electron chi connectivity index (χ2n) is 11.0. The van der Waals surface area contributed by atoms with E-state index >= 15 is 0 Å². The Morgan fingerprint density at radius 3 is 1.38 bits per heavy atom. The lowest BCUT2D eigenvalue weighted by Crippen LogP contribution is -2.63. The average molecular weight is 451 g/mol. The van der Waals surface area contributed by atoms with Crippen molar-refractivity contribution < 1.29 is 19.8 Å². The van der Waals surface area contributed by atoms with Crippen LogP contribution in [0.15, 0.2) is 0 Å². The van der Waals surface area contributed by atoms with Gasteiger partial charge in [-0.1, -0.05) is 13.8 Å². The number of carbonyl (C=O) groups is 2. The molecule has 8 nitrogen and oxygen atoms in total. The van der Waals surface area contributed by atoms with Crippen molar-refractivity contribution in [1.82, 2.24) is 19.6 Å². The number of carboxylic acid groups (broad SMARTS) is 2. The lowest BCUT2D eigenvalue weighted by atomic mass is 9.60. The molecule has 8 heteroatoms. The summed E-state index contributed by atoms with van der Waals surface area (Å²) in [5, 5.41) is 20.3. The predicted molar refractivity (Wildman–Crippen MR) is 122 cm³/mol. The van der Waals surface area contributed by atoms with E-state index in [1.54, 1.807) is 0 Å². The third kappa shape index (κ3) is 4.43. The molecule has 0 spiro atoms. The van der Waals surface area contributed by atoms with Gasteiger partial charge in [0, 0.05) is 25.2 Å². The number of rotatable bonds is 5. The molecular weight excluding hydrogens is 408 g/mol. The fourth-order valence-electron chi connectivity index (χ4n) is 7.92. The van der Waals surface area contributed by atoms with Crippen LogP contribution in [0.3, 0.4) is 0 Å². The van der Waals surface area contributed by atoms with E-state index in [0.29, 0.717) is 36.5 Å². The van der Waals surface area contributed by atoms with Crippen LogP contribution in [0, 0.1) is 35.5 Å². The largest absolute Gasteiger partial charge is 0.481 e. The van der Waals surface area contributed by atoms with E-state index in [0.717, 1.165) is 52.4 Å². The van der Waals surface area contributed by atoms with Crippen LogP contribution < -0.4 is 0 Å². The van der Waals surface area contributed by atoms with Crippen molar-refractivity contribution in [3.8, 4) is 0 Å². The van der Waals surface area contributed by atoms with E-state index in [1.807, 2.05) is 0 Å². The first kappa shape index (κ1) is 23.9. The summed E-state index contributed by atoms with van der Waals surface area (Å²) in [7, 11) is 4.25. The Hall–Kier alpha value is -1.22. The molecule has 2 aliphatic carbocycles. The van der Waals surface area contributed by atoms with Crippen LogP contribution in [0.2, 0.25) is 0 Å². The lowest BCUT2D eigenvalue weighted by Gasteiger charge is -2.55. The first-order valence-electron chi connectivity index (χ1n) is 12.5. The normalized spacial score (nSPS) is 42.2. The third-order valence-electron chi connectivity index (χ3n) is 9.01. The molecule has 32 heavy (non-hydrogen) atoms. The minimum atomic E-state index is -0.675. The van der Waals surface area contributed by atoms with E-state index in [2.05, 4.69) is 47.5 Å². The van der Waals surface area contributed by atoms with Gasteiger partial charge in [-0.05, 0) is 76.5 Å². The van der Waals surface area contributed by atoms with Crippen molar-refractivity contribution in [2.45, 2.75) is 51.6 Å². The highest BCUT2D eigenvalue weighted by atomic mass is 16.4. The number of aliphatic carboxylic acids is 2. The molecule has 8 unspecified atom stereocenters. The van der Waals surface area contributed by atoms with Gasteiger partial charge in [0.1, 0.15) is 0 Å². The van der Waals surface area contributed by atoms with Gasteiger partial charge < -0.3 is 10.2 Å². The van der Waals surface area contributed by atoms with Crippen molar-refractivity contribution in [3.05, 3.63) is 0 Å². The highest BCUT2D eigenvalue weighted by Crippen LogP contribution is 2.49. The van der Waals surface area contributed by atoms with Crippen LogP contribution in [0.4, 0.5) is 0 Å². The van der Waals surface area contributed by atoms with Gasteiger partial charge in [0.15, 0.2) is 0 Å². The van der Waals surface area contributed by atoms with Crippen LogP contribution in [0.5, 0.6) is 0 Å². The minimum absolute atomic E-state index is 0.105. The summed E-state index contributed by atoms with van der Waals surface area (Å²) in [5.74, 6) is -0.771. The number of nitrogens with zero attached hydrogens (tertiary/aromatic N) is 4. The smallest absolute Gasteiger partial charge is 0.308 e. The van der Waals surface area contributed by atoms with E-state index in [9.17, 15) is 19.8 Å². The first-order chi connectivity index (χ1) is 15.2. The summed E-state index contributed by atoms with van der Waals surface area (Å²) in [6.07, 6.45) is 3.44. The molecule has 0 aromatic rings. The van der Waals surface area contributed by atoms with Gasteiger partial charge in [-0.2, -0.15) is 0 Å². The Labute approximate surface area is 192 Å². The summed E-state index contributed by atoms with van der Waals surface area (Å²) < 4.78 is 0. The Balaban J connectivity index is 1.57. The zero-order chi connectivity index (χ0) is 23.2. The molecule has 2 N–H and O–H groups in total. The molecule has 0 aromatic heterocycles. The molecule has 2 saturated heterocycles. The maximum Gasteiger partial charge on any atom is 0.308 e. The Kier molecular flexibility index (Phi) is 7.15. The summed E-state index contributed by atoms with van der Waals surface area (Å²) in [4.78, 5) is 34.0. The van der Waals surface area contributed by atoms with Crippen molar-refractivity contribution in [1.29, 1.82) is 0 Å². The zero-order valence-electron chi connectivity index (χ0n) is 20.2. The molecule has 182 valence electrons. The van der Waals surface area contributed by atoms with E-state index < -0.39 is 11.9 Å². The lowest BCUT2D eigenvalue weighted by molar-refractivity contribution is -0.158. The Morgan fingerprint density at radius 1 is 0.688 bits per heavy atom. The van der Waals surface area contributed by atoms with Crippen LogP contribution in [0.25, 0.3) is 0 Å². The van der Waals surface area contributed by atoms with Crippen LogP contribution in [-0.4, -0.2) is 107 Å². The standard InChI is InChI=1S/C24H42N4O4/c1-5-27-13-25(3)11-17-7-15(9-19(21(17)27)23(29)30)16-8-18-12-26(4)14-28(6-2)22(18)20(10-16)24(31)32/h15-22H,5-14H2,1-4H3,(H,29,30)(H,31,32). The van der Waals surface area contributed by atoms with Crippen LogP contribution >= 0.6 is 0 Å². The highest BCUT2D eigenvalue weighted by molar-refractivity contribution is 5.72. The number of carboxylic acids is 2. The van der Waals surface area contributed by atoms with Gasteiger partial charge in [0.25, 0.3) is 0 Å². The van der Waals surface area contributed by atoms with Gasteiger partial charge in [-0.3, -0.25) is 29.2 Å². The van der Waals surface area contributed by atoms with Gasteiger partial charge >= 0.3 is 11.9 Å². The molecule has 2 heterocycles. The molecule has 0 radical (unpaired) electrons.